The Kier molecular flexibility index (Phi) is 6.11. The lowest BCUT2D eigenvalue weighted by Crippen LogP contribution is -2.54. The first-order valence-electron chi connectivity index (χ1n) is 12.6. The van der Waals surface area contributed by atoms with Crippen LogP contribution in [0.4, 0.5) is 0 Å². The predicted molar refractivity (Wildman–Crippen MR) is 132 cm³/mol. The lowest BCUT2D eigenvalue weighted by Gasteiger charge is -2.61. The van der Waals surface area contributed by atoms with Crippen LogP contribution in [0.15, 0.2) is 23.8 Å². The van der Waals surface area contributed by atoms with Gasteiger partial charge in [0.05, 0.1) is 6.10 Å². The van der Waals surface area contributed by atoms with E-state index in [-0.39, 0.29) is 11.5 Å². The van der Waals surface area contributed by atoms with Gasteiger partial charge in [-0.1, -0.05) is 58.4 Å². The number of thioether (sulfide) groups is 1. The minimum atomic E-state index is -0.171. The SMILES string of the molecule is C=C(C)CSC[C@@H](C)[C@H]1CC[C@H]2[C@@H]3CC=C4C(C)(C)C(O)CC[C@]4(C)[C@H]3CC[C@]12C. The van der Waals surface area contributed by atoms with Gasteiger partial charge in [0.1, 0.15) is 0 Å². The maximum Gasteiger partial charge on any atom is 0.0628 e. The van der Waals surface area contributed by atoms with E-state index in [2.05, 4.69) is 66.0 Å². The Bertz CT molecular complexity index is 707. The molecule has 2 heteroatoms. The van der Waals surface area contributed by atoms with Crippen LogP contribution in [0, 0.1) is 45.8 Å². The molecule has 1 nitrogen and oxygen atoms in total. The molecule has 1 unspecified atom stereocenters. The third-order valence-corrected chi connectivity index (χ3v) is 11.9. The van der Waals surface area contributed by atoms with Gasteiger partial charge in [-0.05, 0) is 98.0 Å². The molecule has 0 heterocycles. The number of hydrogen-bond donors (Lipinski definition) is 1. The first-order chi connectivity index (χ1) is 14.0. The van der Waals surface area contributed by atoms with Crippen LogP contribution in [0.5, 0.6) is 0 Å². The maximum atomic E-state index is 10.7. The molecule has 0 saturated heterocycles. The Balaban J connectivity index is 1.54. The van der Waals surface area contributed by atoms with E-state index in [0.29, 0.717) is 10.8 Å². The Labute approximate surface area is 190 Å². The molecule has 4 rings (SSSR count). The van der Waals surface area contributed by atoms with Gasteiger partial charge in [-0.15, -0.1) is 0 Å². The Morgan fingerprint density at radius 1 is 1.13 bits per heavy atom. The Morgan fingerprint density at radius 3 is 2.57 bits per heavy atom. The fraction of sp³-hybridized carbons (Fsp3) is 0.857. The molecule has 0 aromatic rings. The molecule has 0 spiro atoms. The molecule has 0 aromatic carbocycles. The van der Waals surface area contributed by atoms with Crippen molar-refractivity contribution in [2.75, 3.05) is 11.5 Å². The second-order valence-electron chi connectivity index (χ2n) is 12.6. The van der Waals surface area contributed by atoms with Crippen molar-refractivity contribution < 1.29 is 5.11 Å². The summed E-state index contributed by atoms with van der Waals surface area (Å²) in [5, 5.41) is 10.7. The summed E-state index contributed by atoms with van der Waals surface area (Å²) in [6.07, 6.45) is 11.6. The van der Waals surface area contributed by atoms with Crippen LogP contribution in [-0.4, -0.2) is 22.7 Å². The molecule has 4 aliphatic carbocycles. The van der Waals surface area contributed by atoms with E-state index >= 15 is 0 Å². The van der Waals surface area contributed by atoms with Crippen LogP contribution in [0.1, 0.15) is 86.5 Å². The quantitative estimate of drug-likeness (QED) is 0.455. The fourth-order valence-corrected chi connectivity index (χ4v) is 9.97. The van der Waals surface area contributed by atoms with Crippen molar-refractivity contribution in [3.63, 3.8) is 0 Å². The molecule has 0 bridgehead atoms. The summed E-state index contributed by atoms with van der Waals surface area (Å²) in [6, 6.07) is 0. The highest BCUT2D eigenvalue weighted by atomic mass is 32.2. The summed E-state index contributed by atoms with van der Waals surface area (Å²) in [6.45, 7) is 18.6. The topological polar surface area (TPSA) is 20.2 Å². The molecule has 0 aromatic heterocycles. The summed E-state index contributed by atoms with van der Waals surface area (Å²) in [5.41, 5.74) is 3.70. The first-order valence-corrected chi connectivity index (χ1v) is 13.8. The molecule has 3 saturated carbocycles. The molecule has 0 radical (unpaired) electrons. The van der Waals surface area contributed by atoms with E-state index in [9.17, 15) is 5.11 Å². The summed E-state index contributed by atoms with van der Waals surface area (Å²) < 4.78 is 0. The number of fused-ring (bicyclic) bond motifs is 5. The van der Waals surface area contributed by atoms with Crippen molar-refractivity contribution in [2.45, 2.75) is 92.6 Å². The highest BCUT2D eigenvalue weighted by Gasteiger charge is 2.61. The highest BCUT2D eigenvalue weighted by molar-refractivity contribution is 7.99. The maximum absolute atomic E-state index is 10.7. The Morgan fingerprint density at radius 2 is 1.87 bits per heavy atom. The summed E-state index contributed by atoms with van der Waals surface area (Å²) in [4.78, 5) is 0. The van der Waals surface area contributed by atoms with Crippen LogP contribution >= 0.6 is 11.8 Å². The monoisotopic (exact) mass is 430 g/mol. The summed E-state index contributed by atoms with van der Waals surface area (Å²) in [5.74, 6) is 6.72. The van der Waals surface area contributed by atoms with Crippen LogP contribution in [0.3, 0.4) is 0 Å². The zero-order valence-electron chi connectivity index (χ0n) is 20.5. The van der Waals surface area contributed by atoms with Gasteiger partial charge in [0, 0.05) is 11.2 Å². The van der Waals surface area contributed by atoms with E-state index in [1.165, 1.54) is 49.9 Å². The molecular weight excluding hydrogens is 384 g/mol. The largest absolute Gasteiger partial charge is 0.392 e. The molecule has 3 fully saturated rings. The van der Waals surface area contributed by atoms with Crippen LogP contribution in [-0.2, 0) is 0 Å². The molecular formula is C28H46OS. The molecule has 0 amide bonds. The summed E-state index contributed by atoms with van der Waals surface area (Å²) in [7, 11) is 0. The average molecular weight is 431 g/mol. The Hall–Kier alpha value is -0.210. The van der Waals surface area contributed by atoms with Crippen molar-refractivity contribution in [1.29, 1.82) is 0 Å². The minimum absolute atomic E-state index is 0.0497. The smallest absolute Gasteiger partial charge is 0.0628 e. The molecule has 4 aliphatic rings. The van der Waals surface area contributed by atoms with Crippen molar-refractivity contribution in [3.05, 3.63) is 23.8 Å². The number of hydrogen-bond acceptors (Lipinski definition) is 2. The number of aliphatic hydroxyl groups is 1. The van der Waals surface area contributed by atoms with Gasteiger partial charge in [0.25, 0.3) is 0 Å². The van der Waals surface area contributed by atoms with E-state index in [1.54, 1.807) is 5.57 Å². The van der Waals surface area contributed by atoms with Gasteiger partial charge >= 0.3 is 0 Å². The molecule has 1 N–H and O–H groups in total. The van der Waals surface area contributed by atoms with Gasteiger partial charge < -0.3 is 5.11 Å². The normalized spacial score (nSPS) is 45.7. The van der Waals surface area contributed by atoms with Crippen molar-refractivity contribution in [2.24, 2.45) is 45.8 Å². The second kappa shape index (κ2) is 7.98. The highest BCUT2D eigenvalue weighted by Crippen LogP contribution is 2.68. The van der Waals surface area contributed by atoms with Gasteiger partial charge in [-0.2, -0.15) is 11.8 Å². The van der Waals surface area contributed by atoms with Crippen molar-refractivity contribution in [3.8, 4) is 0 Å². The first kappa shape index (κ1) is 23.0. The molecule has 30 heavy (non-hydrogen) atoms. The second-order valence-corrected chi connectivity index (χ2v) is 13.6. The summed E-state index contributed by atoms with van der Waals surface area (Å²) >= 11 is 2.10. The van der Waals surface area contributed by atoms with E-state index in [1.807, 2.05) is 0 Å². The van der Waals surface area contributed by atoms with Gasteiger partial charge in [0.2, 0.25) is 0 Å². The third kappa shape index (κ3) is 3.47. The van der Waals surface area contributed by atoms with E-state index in [4.69, 9.17) is 0 Å². The number of allylic oxidation sites excluding steroid dienone is 1. The van der Waals surface area contributed by atoms with Gasteiger partial charge in [-0.3, -0.25) is 0 Å². The van der Waals surface area contributed by atoms with E-state index < -0.39 is 0 Å². The lowest BCUT2D eigenvalue weighted by atomic mass is 9.44. The van der Waals surface area contributed by atoms with Gasteiger partial charge in [0.15, 0.2) is 0 Å². The fourth-order valence-electron chi connectivity index (χ4n) is 8.90. The molecule has 8 atom stereocenters. The lowest BCUT2D eigenvalue weighted by molar-refractivity contribution is -0.0770. The number of rotatable bonds is 5. The van der Waals surface area contributed by atoms with Crippen LogP contribution in [0.2, 0.25) is 0 Å². The van der Waals surface area contributed by atoms with Gasteiger partial charge in [-0.25, -0.2) is 0 Å². The number of aliphatic hydroxyl groups excluding tert-OH is 1. The average Bonchev–Trinajstić information content (AvgIpc) is 3.02. The van der Waals surface area contributed by atoms with Crippen molar-refractivity contribution in [1.82, 2.24) is 0 Å². The van der Waals surface area contributed by atoms with Crippen LogP contribution < -0.4 is 0 Å². The zero-order chi connectivity index (χ0) is 21.9. The zero-order valence-corrected chi connectivity index (χ0v) is 21.3. The van der Waals surface area contributed by atoms with Crippen LogP contribution in [0.25, 0.3) is 0 Å². The van der Waals surface area contributed by atoms with Crippen molar-refractivity contribution >= 4 is 11.8 Å². The third-order valence-electron chi connectivity index (χ3n) is 10.4. The predicted octanol–water partition coefficient (Wildman–Crippen LogP) is 7.51. The minimum Gasteiger partial charge on any atom is -0.392 e. The van der Waals surface area contributed by atoms with E-state index in [0.717, 1.165) is 41.8 Å². The standard InChI is InChI=1S/C28H46OS/c1-18(2)16-30-17-19(3)21-9-10-22-20-8-11-24-26(4,5)25(29)13-15-28(24,7)23(20)12-14-27(21,22)6/h11,19-23,25,29H,1,8-10,12-17H2,2-7H3/t19-,20+,21-,22+,23+,25?,27-,28-/m1/s1. The molecule has 170 valence electrons. The molecule has 0 aliphatic heterocycles.